The summed E-state index contributed by atoms with van der Waals surface area (Å²) in [5, 5.41) is 8.46. The zero-order valence-electron chi connectivity index (χ0n) is 7.88. The van der Waals surface area contributed by atoms with Crippen LogP contribution >= 0.6 is 0 Å². The fourth-order valence-electron chi connectivity index (χ4n) is 0.647. The molecule has 1 aromatic rings. The fraction of sp³-hybridized carbons (Fsp3) is 0. The van der Waals surface area contributed by atoms with E-state index in [1.54, 1.807) is 12.1 Å². The van der Waals surface area contributed by atoms with Gasteiger partial charge < -0.3 is 16.3 Å². The number of hydrogen-bond acceptors (Lipinski definition) is 5. The highest BCUT2D eigenvalue weighted by Crippen LogP contribution is 2.02. The van der Waals surface area contributed by atoms with Gasteiger partial charge in [0.15, 0.2) is 0 Å². The molecule has 0 bridgehead atoms. The molecule has 0 atom stereocenters. The molecule has 8 nitrogen and oxygen atoms in total. The molecule has 0 aromatic heterocycles. The van der Waals surface area contributed by atoms with E-state index in [1.165, 1.54) is 12.1 Å². The van der Waals surface area contributed by atoms with E-state index in [9.17, 15) is 4.79 Å². The average Bonchev–Trinajstić information content (AvgIpc) is 2.01. The van der Waals surface area contributed by atoms with Gasteiger partial charge in [-0.25, -0.2) is 23.4 Å². The number of carboxylic acids is 1. The van der Waals surface area contributed by atoms with Crippen molar-refractivity contribution in [3.63, 3.8) is 0 Å². The summed E-state index contributed by atoms with van der Waals surface area (Å²) in [5.41, 5.74) is 4.75. The monoisotopic (exact) mass is 255 g/mol. The first kappa shape index (κ1) is 17.1. The second-order valence-electron chi connectivity index (χ2n) is 2.38. The van der Waals surface area contributed by atoms with Crippen LogP contribution in [0.25, 0.3) is 0 Å². The summed E-state index contributed by atoms with van der Waals surface area (Å²) < 4.78 is 34.0. The van der Waals surface area contributed by atoms with Gasteiger partial charge in [0.25, 0.3) is 0 Å². The van der Waals surface area contributed by atoms with Crippen molar-refractivity contribution >= 4 is 11.7 Å². The molecular formula is C7H10ClNO7. The summed E-state index contributed by atoms with van der Waals surface area (Å²) >= 11 is 0. The molecule has 0 saturated heterocycles. The molecule has 1 rings (SSSR count). The third-order valence-corrected chi connectivity index (χ3v) is 1.20. The van der Waals surface area contributed by atoms with Crippen LogP contribution in [-0.4, -0.2) is 16.6 Å². The number of carboxylic acid groups (broad SMARTS) is 1. The molecule has 0 aliphatic rings. The average molecular weight is 256 g/mol. The number of quaternary nitrogens is 1. The molecule has 92 valence electrons. The van der Waals surface area contributed by atoms with Crippen LogP contribution in [0, 0.1) is 10.2 Å². The first-order valence-electron chi connectivity index (χ1n) is 3.47. The Kier molecular flexibility index (Phi) is 7.59. The summed E-state index contributed by atoms with van der Waals surface area (Å²) in [4.78, 5) is 10.3. The maximum Gasteiger partial charge on any atom is 0.335 e. The normalized spacial score (nSPS) is 9.56. The predicted molar refractivity (Wildman–Crippen MR) is 39.6 cm³/mol. The smallest absolute Gasteiger partial charge is 0.335 e. The molecular weight excluding hydrogens is 246 g/mol. The van der Waals surface area contributed by atoms with Crippen LogP contribution in [-0.2, 0) is 0 Å². The highest BCUT2D eigenvalue weighted by molar-refractivity contribution is 5.87. The van der Waals surface area contributed by atoms with Gasteiger partial charge in [-0.05, 0) is 24.3 Å². The summed E-state index contributed by atoms with van der Waals surface area (Å²) in [5.74, 6) is -0.903. The Hall–Kier alpha value is -1.26. The topological polar surface area (TPSA) is 189 Å². The van der Waals surface area contributed by atoms with E-state index in [4.69, 9.17) is 23.7 Å². The van der Waals surface area contributed by atoms with Crippen LogP contribution in [0.5, 0.6) is 0 Å². The zero-order chi connectivity index (χ0) is 12.1. The Bertz CT molecular complexity index is 315. The number of hydrogen-bond donors (Lipinski definition) is 2. The van der Waals surface area contributed by atoms with Crippen molar-refractivity contribution in [2.75, 3.05) is 0 Å². The molecule has 1 aromatic carbocycles. The summed E-state index contributed by atoms with van der Waals surface area (Å²) in [6.45, 7) is 0. The Balaban J connectivity index is 0. The molecule has 0 aliphatic heterocycles. The van der Waals surface area contributed by atoms with E-state index >= 15 is 0 Å². The van der Waals surface area contributed by atoms with Gasteiger partial charge in [0.1, 0.15) is 5.69 Å². The van der Waals surface area contributed by atoms with E-state index in [1.807, 2.05) is 0 Å². The van der Waals surface area contributed by atoms with Crippen molar-refractivity contribution < 1.29 is 50.0 Å². The van der Waals surface area contributed by atoms with Crippen LogP contribution in [0.1, 0.15) is 10.4 Å². The lowest BCUT2D eigenvalue weighted by molar-refractivity contribution is -2.00. The number of halogens is 1. The Labute approximate surface area is 92.2 Å². The van der Waals surface area contributed by atoms with Gasteiger partial charge in [-0.1, -0.05) is 0 Å². The minimum atomic E-state index is -4.94. The van der Waals surface area contributed by atoms with Gasteiger partial charge in [-0.3, -0.25) is 0 Å². The van der Waals surface area contributed by atoms with E-state index in [0.717, 1.165) is 5.69 Å². The van der Waals surface area contributed by atoms with Crippen LogP contribution in [0.4, 0.5) is 5.69 Å². The van der Waals surface area contributed by atoms with Crippen molar-refractivity contribution in [1.29, 1.82) is 0 Å². The highest BCUT2D eigenvalue weighted by atomic mass is 35.7. The summed E-state index contributed by atoms with van der Waals surface area (Å²) in [6.07, 6.45) is 0. The van der Waals surface area contributed by atoms with Crippen LogP contribution < -0.4 is 24.4 Å². The van der Waals surface area contributed by atoms with Crippen LogP contribution in [0.3, 0.4) is 0 Å². The molecule has 0 aliphatic carbocycles. The maximum atomic E-state index is 10.3. The van der Waals surface area contributed by atoms with Crippen LogP contribution in [0.15, 0.2) is 24.3 Å². The molecule has 0 unspecified atom stereocenters. The van der Waals surface area contributed by atoms with Crippen molar-refractivity contribution in [2.24, 2.45) is 0 Å². The third kappa shape index (κ3) is 10.8. The van der Waals surface area contributed by atoms with Crippen molar-refractivity contribution in [3.05, 3.63) is 29.8 Å². The quantitative estimate of drug-likeness (QED) is 0.503. The summed E-state index contributed by atoms with van der Waals surface area (Å²) in [6, 6.07) is 6.40. The van der Waals surface area contributed by atoms with Gasteiger partial charge in [0.05, 0.1) is 5.56 Å². The highest BCUT2D eigenvalue weighted by Gasteiger charge is 1.99. The SMILES string of the molecule is O.[NH3+]c1ccc(C(=O)O)cc1.[O-][Cl+3]([O-])([O-])[O-]. The Morgan fingerprint density at radius 1 is 1.12 bits per heavy atom. The molecule has 0 fully saturated rings. The molecule has 0 heterocycles. The van der Waals surface area contributed by atoms with Gasteiger partial charge >= 0.3 is 5.97 Å². The first-order valence-corrected chi connectivity index (χ1v) is 4.70. The van der Waals surface area contributed by atoms with Crippen molar-refractivity contribution in [3.8, 4) is 0 Å². The molecule has 0 spiro atoms. The molecule has 0 amide bonds. The third-order valence-electron chi connectivity index (χ3n) is 1.20. The largest absolute Gasteiger partial charge is 0.478 e. The first-order chi connectivity index (χ1) is 6.70. The molecule has 16 heavy (non-hydrogen) atoms. The van der Waals surface area contributed by atoms with E-state index in [2.05, 4.69) is 5.73 Å². The number of aromatic carboxylic acids is 1. The second kappa shape index (κ2) is 7.09. The lowest BCUT2D eigenvalue weighted by Gasteiger charge is -2.17. The lowest BCUT2D eigenvalue weighted by Crippen LogP contribution is -2.68. The number of carbonyl (C=O) groups is 1. The zero-order valence-corrected chi connectivity index (χ0v) is 8.64. The van der Waals surface area contributed by atoms with Crippen molar-refractivity contribution in [1.82, 2.24) is 0 Å². The minimum Gasteiger partial charge on any atom is -0.478 e. The van der Waals surface area contributed by atoms with Gasteiger partial charge in [0.2, 0.25) is 0 Å². The Morgan fingerprint density at radius 3 is 1.69 bits per heavy atom. The van der Waals surface area contributed by atoms with Crippen LogP contribution in [0.2, 0.25) is 0 Å². The predicted octanol–water partition coefficient (Wildman–Crippen LogP) is -5.32. The Morgan fingerprint density at radius 2 is 1.44 bits per heavy atom. The van der Waals surface area contributed by atoms with E-state index in [-0.39, 0.29) is 5.48 Å². The van der Waals surface area contributed by atoms with Gasteiger partial charge in [0, 0.05) is 0 Å². The molecule has 0 saturated carbocycles. The van der Waals surface area contributed by atoms with Gasteiger partial charge in [-0.2, -0.15) is 0 Å². The molecule has 6 N–H and O–H groups in total. The number of rotatable bonds is 1. The van der Waals surface area contributed by atoms with E-state index < -0.39 is 16.2 Å². The minimum absolute atomic E-state index is 0. The lowest BCUT2D eigenvalue weighted by atomic mass is 10.2. The number of benzene rings is 1. The molecule has 9 heteroatoms. The van der Waals surface area contributed by atoms with E-state index in [0.29, 0.717) is 5.56 Å². The molecule has 0 radical (unpaired) electrons. The standard InChI is InChI=1S/C7H7NO2.ClHO4.H2O/c8-6-3-1-5(2-4-6)7(9)10;2-1(3,4)5;/h1-4H,8H2,(H,9,10);(H,2,3,4,5);1H2. The van der Waals surface area contributed by atoms with Crippen molar-refractivity contribution in [2.45, 2.75) is 0 Å². The second-order valence-corrected chi connectivity index (χ2v) is 3.14. The fourth-order valence-corrected chi connectivity index (χ4v) is 0.647. The van der Waals surface area contributed by atoms with Gasteiger partial charge in [-0.15, -0.1) is 10.2 Å². The maximum absolute atomic E-state index is 10.3. The summed E-state index contributed by atoms with van der Waals surface area (Å²) in [7, 11) is -4.94.